The highest BCUT2D eigenvalue weighted by Gasteiger charge is 2.15. The molecule has 1 aromatic carbocycles. The molecule has 5 nitrogen and oxygen atoms in total. The van der Waals surface area contributed by atoms with E-state index in [2.05, 4.69) is 10.4 Å². The van der Waals surface area contributed by atoms with E-state index in [1.54, 1.807) is 12.1 Å². The van der Waals surface area contributed by atoms with Gasteiger partial charge in [0.15, 0.2) is 13.1 Å². The van der Waals surface area contributed by atoms with E-state index in [1.807, 2.05) is 18.2 Å². The van der Waals surface area contributed by atoms with Gasteiger partial charge in [0.1, 0.15) is 0 Å². The maximum Gasteiger partial charge on any atom is 0.345 e. The Morgan fingerprint density at radius 1 is 1.43 bits per heavy atom. The number of rotatable bonds is 1. The van der Waals surface area contributed by atoms with Gasteiger partial charge in [-0.25, -0.2) is 4.79 Å². The number of urea groups is 1. The summed E-state index contributed by atoms with van der Waals surface area (Å²) in [7, 11) is 0. The summed E-state index contributed by atoms with van der Waals surface area (Å²) in [5.41, 5.74) is 0.736. The van der Waals surface area contributed by atoms with Gasteiger partial charge in [0.2, 0.25) is 0 Å². The molecule has 0 fully saturated rings. The van der Waals surface area contributed by atoms with E-state index < -0.39 is 0 Å². The topological polar surface area (TPSA) is 53.9 Å². The molecule has 0 saturated carbocycles. The van der Waals surface area contributed by atoms with Crippen molar-refractivity contribution < 1.29 is 9.53 Å². The Bertz CT molecular complexity index is 350. The Morgan fingerprint density at radius 3 is 2.86 bits per heavy atom. The summed E-state index contributed by atoms with van der Waals surface area (Å²) in [6, 6.07) is 8.88. The first kappa shape index (κ1) is 8.55. The molecule has 0 aromatic heterocycles. The first-order valence-corrected chi connectivity index (χ1v) is 4.14. The number of para-hydroxylation sites is 1. The highest BCUT2D eigenvalue weighted by Crippen LogP contribution is 2.07. The van der Waals surface area contributed by atoms with Crippen LogP contribution in [-0.2, 0) is 4.74 Å². The average Bonchev–Trinajstić information content (AvgIpc) is 2.72. The molecular formula is C9H9N3O2. The molecule has 0 bridgehead atoms. The summed E-state index contributed by atoms with van der Waals surface area (Å²) in [6.07, 6.45) is 1.24. The van der Waals surface area contributed by atoms with E-state index in [-0.39, 0.29) is 12.8 Å². The zero-order chi connectivity index (χ0) is 9.80. The summed E-state index contributed by atoms with van der Waals surface area (Å²) in [5, 5.41) is 7.58. The van der Waals surface area contributed by atoms with E-state index in [4.69, 9.17) is 4.74 Å². The lowest BCUT2D eigenvalue weighted by atomic mass is 10.3. The van der Waals surface area contributed by atoms with Gasteiger partial charge in [-0.15, -0.1) is 5.10 Å². The van der Waals surface area contributed by atoms with E-state index in [0.29, 0.717) is 0 Å². The third-order valence-electron chi connectivity index (χ3n) is 1.72. The molecule has 1 aliphatic heterocycles. The Balaban J connectivity index is 1.98. The largest absolute Gasteiger partial charge is 0.459 e. The molecule has 5 heteroatoms. The number of nitrogens with one attached hydrogen (secondary N) is 1. The Morgan fingerprint density at radius 2 is 2.21 bits per heavy atom. The summed E-state index contributed by atoms with van der Waals surface area (Å²) in [5.74, 6) is 0. The van der Waals surface area contributed by atoms with Crippen molar-refractivity contribution in [3.05, 3.63) is 30.3 Å². The van der Waals surface area contributed by atoms with Gasteiger partial charge < -0.3 is 10.1 Å². The predicted octanol–water partition coefficient (Wildman–Crippen LogP) is 1.45. The van der Waals surface area contributed by atoms with Crippen LogP contribution in [0.4, 0.5) is 10.5 Å². The van der Waals surface area contributed by atoms with Crippen molar-refractivity contribution in [3.8, 4) is 0 Å². The number of benzene rings is 1. The maximum absolute atomic E-state index is 11.4. The predicted molar refractivity (Wildman–Crippen MR) is 51.7 cm³/mol. The van der Waals surface area contributed by atoms with Crippen LogP contribution in [0.2, 0.25) is 0 Å². The van der Waals surface area contributed by atoms with Crippen LogP contribution in [0.3, 0.4) is 0 Å². The van der Waals surface area contributed by atoms with Crippen LogP contribution in [0.15, 0.2) is 35.4 Å². The number of hydrogen-bond donors (Lipinski definition) is 1. The van der Waals surface area contributed by atoms with Crippen molar-refractivity contribution in [1.82, 2.24) is 5.01 Å². The van der Waals surface area contributed by atoms with Gasteiger partial charge in [-0.1, -0.05) is 18.2 Å². The summed E-state index contributed by atoms with van der Waals surface area (Å²) in [4.78, 5) is 11.4. The zero-order valence-corrected chi connectivity index (χ0v) is 7.38. The van der Waals surface area contributed by atoms with Gasteiger partial charge in [-0.05, 0) is 12.1 Å². The second-order valence-corrected chi connectivity index (χ2v) is 2.71. The molecule has 0 spiro atoms. The molecule has 2 amide bonds. The fourth-order valence-corrected chi connectivity index (χ4v) is 1.05. The van der Waals surface area contributed by atoms with Crippen molar-refractivity contribution in [2.45, 2.75) is 0 Å². The fourth-order valence-electron chi connectivity index (χ4n) is 1.05. The number of anilines is 1. The lowest BCUT2D eigenvalue weighted by Gasteiger charge is -2.10. The monoisotopic (exact) mass is 191 g/mol. The van der Waals surface area contributed by atoms with Crippen molar-refractivity contribution in [3.63, 3.8) is 0 Å². The Labute approximate surface area is 81.0 Å². The van der Waals surface area contributed by atoms with Crippen LogP contribution in [0.25, 0.3) is 0 Å². The van der Waals surface area contributed by atoms with Crippen LogP contribution in [-0.4, -0.2) is 24.2 Å². The van der Waals surface area contributed by atoms with Crippen molar-refractivity contribution in [2.24, 2.45) is 5.10 Å². The molecule has 1 N–H and O–H groups in total. The van der Waals surface area contributed by atoms with E-state index in [0.717, 1.165) is 5.69 Å². The SMILES string of the molecule is O=C(Nc1ccccc1)N1COC=N1. The maximum atomic E-state index is 11.4. The molecule has 1 heterocycles. The number of hydrazone groups is 1. The molecule has 1 aromatic rings. The smallest absolute Gasteiger partial charge is 0.345 e. The average molecular weight is 191 g/mol. The lowest BCUT2D eigenvalue weighted by molar-refractivity contribution is 0.176. The number of nitrogens with zero attached hydrogens (tertiary/aromatic N) is 2. The van der Waals surface area contributed by atoms with E-state index in [1.165, 1.54) is 11.4 Å². The van der Waals surface area contributed by atoms with Gasteiger partial charge in [0.25, 0.3) is 0 Å². The summed E-state index contributed by atoms with van der Waals surface area (Å²) in [6.45, 7) is 0.165. The highest BCUT2D eigenvalue weighted by molar-refractivity contribution is 5.89. The normalized spacial score (nSPS) is 13.9. The minimum Gasteiger partial charge on any atom is -0.459 e. The van der Waals surface area contributed by atoms with E-state index in [9.17, 15) is 4.79 Å². The Hall–Kier alpha value is -2.04. The van der Waals surface area contributed by atoms with Gasteiger partial charge in [-0.2, -0.15) is 5.01 Å². The quantitative estimate of drug-likeness (QED) is 0.730. The first-order valence-electron chi connectivity index (χ1n) is 4.14. The summed E-state index contributed by atoms with van der Waals surface area (Å²) >= 11 is 0. The molecule has 0 aliphatic carbocycles. The molecule has 0 radical (unpaired) electrons. The first-order chi connectivity index (χ1) is 6.86. The summed E-state index contributed by atoms with van der Waals surface area (Å²) < 4.78 is 4.79. The van der Waals surface area contributed by atoms with Gasteiger partial charge in [-0.3, -0.25) is 0 Å². The zero-order valence-electron chi connectivity index (χ0n) is 7.38. The molecule has 0 unspecified atom stereocenters. The second-order valence-electron chi connectivity index (χ2n) is 2.71. The number of carbonyl (C=O) groups excluding carboxylic acids is 1. The number of ether oxygens (including phenoxy) is 1. The fraction of sp³-hybridized carbons (Fsp3) is 0.111. The van der Waals surface area contributed by atoms with Crippen molar-refractivity contribution >= 4 is 18.1 Å². The molecule has 2 rings (SSSR count). The second kappa shape index (κ2) is 3.78. The minimum atomic E-state index is -0.301. The molecule has 0 saturated heterocycles. The standard InChI is InChI=1S/C9H9N3O2/c13-9(12-7-14-6-10-12)11-8-4-2-1-3-5-8/h1-6H,7H2,(H,11,13). The minimum absolute atomic E-state index is 0.165. The number of amides is 2. The molecule has 14 heavy (non-hydrogen) atoms. The van der Waals surface area contributed by atoms with Crippen LogP contribution in [0.5, 0.6) is 0 Å². The van der Waals surface area contributed by atoms with Gasteiger partial charge in [0, 0.05) is 5.69 Å². The number of carbonyl (C=O) groups is 1. The molecule has 72 valence electrons. The molecular weight excluding hydrogens is 182 g/mol. The van der Waals surface area contributed by atoms with Crippen LogP contribution < -0.4 is 5.32 Å². The molecule has 1 aliphatic rings. The van der Waals surface area contributed by atoms with Crippen LogP contribution in [0, 0.1) is 0 Å². The van der Waals surface area contributed by atoms with Crippen LogP contribution in [0.1, 0.15) is 0 Å². The lowest BCUT2D eigenvalue weighted by Crippen LogP contribution is -2.28. The van der Waals surface area contributed by atoms with Gasteiger partial charge in [0.05, 0.1) is 0 Å². The van der Waals surface area contributed by atoms with Crippen molar-refractivity contribution in [2.75, 3.05) is 12.0 Å². The van der Waals surface area contributed by atoms with Gasteiger partial charge >= 0.3 is 6.03 Å². The van der Waals surface area contributed by atoms with E-state index >= 15 is 0 Å². The van der Waals surface area contributed by atoms with Crippen LogP contribution >= 0.6 is 0 Å². The molecule has 0 atom stereocenters. The Kier molecular flexibility index (Phi) is 2.31. The number of hydrogen-bond acceptors (Lipinski definition) is 3. The third kappa shape index (κ3) is 1.82. The third-order valence-corrected chi connectivity index (χ3v) is 1.72. The van der Waals surface area contributed by atoms with Crippen molar-refractivity contribution in [1.29, 1.82) is 0 Å². The highest BCUT2D eigenvalue weighted by atomic mass is 16.5.